The van der Waals surface area contributed by atoms with E-state index in [2.05, 4.69) is 5.32 Å². The summed E-state index contributed by atoms with van der Waals surface area (Å²) in [5, 5.41) is 13.1. The molecule has 1 aromatic heterocycles. The first kappa shape index (κ1) is 15.0. The van der Waals surface area contributed by atoms with Crippen LogP contribution >= 0.6 is 0 Å². The number of para-hydroxylation sites is 2. The number of anilines is 1. The standard InChI is InChI=1S/C16H19NO4/c1-16(2,15(19)20-3)14(13-9-6-10-21-13)17-11-7-4-5-8-12(11)18/h4-10,14,17-18H,1-3H3/t14-/m0/s1. The summed E-state index contributed by atoms with van der Waals surface area (Å²) in [7, 11) is 1.35. The molecule has 2 N–H and O–H groups in total. The molecule has 0 spiro atoms. The van der Waals surface area contributed by atoms with E-state index in [1.807, 2.05) is 0 Å². The Kier molecular flexibility index (Phi) is 4.21. The molecule has 0 aliphatic carbocycles. The quantitative estimate of drug-likeness (QED) is 0.652. The molecule has 0 aliphatic heterocycles. The van der Waals surface area contributed by atoms with Crippen molar-refractivity contribution >= 4 is 11.7 Å². The lowest BCUT2D eigenvalue weighted by molar-refractivity contribution is -0.152. The van der Waals surface area contributed by atoms with Crippen LogP contribution in [0.1, 0.15) is 25.6 Å². The smallest absolute Gasteiger partial charge is 0.313 e. The number of carbonyl (C=O) groups is 1. The van der Waals surface area contributed by atoms with Crippen molar-refractivity contribution in [1.29, 1.82) is 0 Å². The third-order valence-corrected chi connectivity index (χ3v) is 3.46. The topological polar surface area (TPSA) is 71.7 Å². The maximum Gasteiger partial charge on any atom is 0.313 e. The van der Waals surface area contributed by atoms with Gasteiger partial charge < -0.3 is 19.6 Å². The Morgan fingerprint density at radius 1 is 1.29 bits per heavy atom. The van der Waals surface area contributed by atoms with E-state index >= 15 is 0 Å². The molecule has 2 aromatic rings. The number of hydrogen-bond donors (Lipinski definition) is 2. The number of aromatic hydroxyl groups is 1. The SMILES string of the molecule is COC(=O)C(C)(C)[C@@H](Nc1ccccc1O)c1ccco1. The van der Waals surface area contributed by atoms with Gasteiger partial charge in [-0.1, -0.05) is 12.1 Å². The minimum Gasteiger partial charge on any atom is -0.506 e. The lowest BCUT2D eigenvalue weighted by atomic mass is 9.82. The summed E-state index contributed by atoms with van der Waals surface area (Å²) < 4.78 is 10.3. The molecule has 0 bridgehead atoms. The van der Waals surface area contributed by atoms with Gasteiger partial charge in [-0.25, -0.2) is 0 Å². The molecule has 21 heavy (non-hydrogen) atoms. The van der Waals surface area contributed by atoms with Crippen molar-refractivity contribution in [3.05, 3.63) is 48.4 Å². The lowest BCUT2D eigenvalue weighted by Crippen LogP contribution is -2.36. The average molecular weight is 289 g/mol. The Morgan fingerprint density at radius 3 is 2.57 bits per heavy atom. The minimum absolute atomic E-state index is 0.106. The van der Waals surface area contributed by atoms with Crippen molar-refractivity contribution < 1.29 is 19.1 Å². The number of methoxy groups -OCH3 is 1. The molecule has 112 valence electrons. The van der Waals surface area contributed by atoms with Crippen molar-refractivity contribution in [1.82, 2.24) is 0 Å². The number of ether oxygens (including phenoxy) is 1. The normalized spacial score (nSPS) is 12.7. The summed E-state index contributed by atoms with van der Waals surface area (Å²) in [5.41, 5.74) is -0.356. The van der Waals surface area contributed by atoms with Crippen molar-refractivity contribution in [3.8, 4) is 5.75 Å². The maximum absolute atomic E-state index is 12.1. The van der Waals surface area contributed by atoms with Crippen LogP contribution in [0.25, 0.3) is 0 Å². The first-order valence-corrected chi connectivity index (χ1v) is 6.63. The van der Waals surface area contributed by atoms with Crippen LogP contribution in [0.3, 0.4) is 0 Å². The molecule has 0 amide bonds. The first-order chi connectivity index (χ1) is 9.96. The second kappa shape index (κ2) is 5.91. The molecule has 0 unspecified atom stereocenters. The number of benzene rings is 1. The van der Waals surface area contributed by atoms with Gasteiger partial charge in [0.1, 0.15) is 17.6 Å². The van der Waals surface area contributed by atoms with E-state index in [0.29, 0.717) is 11.4 Å². The maximum atomic E-state index is 12.1. The number of carbonyl (C=O) groups excluding carboxylic acids is 1. The van der Waals surface area contributed by atoms with E-state index in [1.54, 1.807) is 56.5 Å². The van der Waals surface area contributed by atoms with E-state index < -0.39 is 11.5 Å². The van der Waals surface area contributed by atoms with Gasteiger partial charge in [-0.3, -0.25) is 4.79 Å². The fourth-order valence-corrected chi connectivity index (χ4v) is 2.19. The molecule has 5 nitrogen and oxygen atoms in total. The van der Waals surface area contributed by atoms with Gasteiger partial charge in [-0.2, -0.15) is 0 Å². The summed E-state index contributed by atoms with van der Waals surface area (Å²) >= 11 is 0. The van der Waals surface area contributed by atoms with Gasteiger partial charge in [0.15, 0.2) is 0 Å². The van der Waals surface area contributed by atoms with Gasteiger partial charge >= 0.3 is 5.97 Å². The fourth-order valence-electron chi connectivity index (χ4n) is 2.19. The number of phenolic OH excluding ortho intramolecular Hbond substituents is 1. The van der Waals surface area contributed by atoms with Gasteiger partial charge in [-0.05, 0) is 38.1 Å². The van der Waals surface area contributed by atoms with Crippen LogP contribution in [0.5, 0.6) is 5.75 Å². The molecular formula is C16H19NO4. The molecule has 0 saturated carbocycles. The predicted molar refractivity (Wildman–Crippen MR) is 79.0 cm³/mol. The van der Waals surface area contributed by atoms with Crippen LogP contribution in [0.2, 0.25) is 0 Å². The summed E-state index contributed by atoms with van der Waals surface area (Å²) in [6.45, 7) is 3.53. The molecule has 0 aliphatic rings. The number of furan rings is 1. The van der Waals surface area contributed by atoms with Crippen molar-refractivity contribution in [2.45, 2.75) is 19.9 Å². The van der Waals surface area contributed by atoms with Gasteiger partial charge in [0.05, 0.1) is 24.5 Å². The fraction of sp³-hybridized carbons (Fsp3) is 0.312. The molecule has 0 radical (unpaired) electrons. The Labute approximate surface area is 123 Å². The van der Waals surface area contributed by atoms with Gasteiger partial charge in [0.25, 0.3) is 0 Å². The Morgan fingerprint density at radius 2 is 2.00 bits per heavy atom. The highest BCUT2D eigenvalue weighted by Gasteiger charge is 2.41. The van der Waals surface area contributed by atoms with Crippen LogP contribution < -0.4 is 5.32 Å². The zero-order chi connectivity index (χ0) is 15.5. The van der Waals surface area contributed by atoms with E-state index in [4.69, 9.17) is 9.15 Å². The monoisotopic (exact) mass is 289 g/mol. The molecule has 1 aromatic carbocycles. The highest BCUT2D eigenvalue weighted by atomic mass is 16.5. The molecule has 0 fully saturated rings. The van der Waals surface area contributed by atoms with Crippen LogP contribution in [0.15, 0.2) is 47.1 Å². The molecular weight excluding hydrogens is 270 g/mol. The van der Waals surface area contributed by atoms with E-state index in [-0.39, 0.29) is 11.7 Å². The first-order valence-electron chi connectivity index (χ1n) is 6.63. The molecule has 2 rings (SSSR count). The van der Waals surface area contributed by atoms with E-state index in [0.717, 1.165) is 0 Å². The number of hydrogen-bond acceptors (Lipinski definition) is 5. The predicted octanol–water partition coefficient (Wildman–Crippen LogP) is 3.34. The summed E-state index contributed by atoms with van der Waals surface area (Å²) in [6.07, 6.45) is 1.54. The summed E-state index contributed by atoms with van der Waals surface area (Å²) in [6, 6.07) is 9.89. The highest BCUT2D eigenvalue weighted by molar-refractivity contribution is 5.78. The zero-order valence-electron chi connectivity index (χ0n) is 12.3. The van der Waals surface area contributed by atoms with Gasteiger partial charge in [0.2, 0.25) is 0 Å². The third-order valence-electron chi connectivity index (χ3n) is 3.46. The van der Waals surface area contributed by atoms with Crippen molar-refractivity contribution in [2.24, 2.45) is 5.41 Å². The third kappa shape index (κ3) is 3.02. The Hall–Kier alpha value is -2.43. The van der Waals surface area contributed by atoms with E-state index in [1.165, 1.54) is 7.11 Å². The lowest BCUT2D eigenvalue weighted by Gasteiger charge is -2.31. The minimum atomic E-state index is -0.880. The zero-order valence-corrected chi connectivity index (χ0v) is 12.3. The second-order valence-corrected chi connectivity index (χ2v) is 5.32. The Bertz CT molecular complexity index is 604. The van der Waals surface area contributed by atoms with Crippen molar-refractivity contribution in [2.75, 3.05) is 12.4 Å². The van der Waals surface area contributed by atoms with Gasteiger partial charge in [0, 0.05) is 0 Å². The second-order valence-electron chi connectivity index (χ2n) is 5.32. The largest absolute Gasteiger partial charge is 0.506 e. The van der Waals surface area contributed by atoms with Gasteiger partial charge in [-0.15, -0.1) is 0 Å². The molecule has 0 saturated heterocycles. The molecule has 1 heterocycles. The summed E-state index contributed by atoms with van der Waals surface area (Å²) in [5.74, 6) is 0.329. The van der Waals surface area contributed by atoms with Crippen LogP contribution in [0.4, 0.5) is 5.69 Å². The van der Waals surface area contributed by atoms with Crippen LogP contribution in [0, 0.1) is 5.41 Å². The molecule has 1 atom stereocenters. The number of phenols is 1. The highest BCUT2D eigenvalue weighted by Crippen LogP contribution is 2.39. The molecule has 5 heteroatoms. The van der Waals surface area contributed by atoms with E-state index in [9.17, 15) is 9.90 Å². The number of esters is 1. The Balaban J connectivity index is 2.39. The summed E-state index contributed by atoms with van der Waals surface area (Å²) in [4.78, 5) is 12.1. The van der Waals surface area contributed by atoms with Crippen molar-refractivity contribution in [3.63, 3.8) is 0 Å². The van der Waals surface area contributed by atoms with Crippen LogP contribution in [-0.2, 0) is 9.53 Å². The van der Waals surface area contributed by atoms with Crippen LogP contribution in [-0.4, -0.2) is 18.2 Å². The number of nitrogens with one attached hydrogen (secondary N) is 1. The number of rotatable bonds is 5. The average Bonchev–Trinajstić information content (AvgIpc) is 2.99.